The molecule has 0 spiro atoms. The highest BCUT2D eigenvalue weighted by Gasteiger charge is 2.52. The molecule has 7 aliphatic carbocycles. The Morgan fingerprint density at radius 3 is 1.63 bits per heavy atom. The van der Waals surface area contributed by atoms with Gasteiger partial charge in [-0.3, -0.25) is 0 Å². The molecule has 0 radical (unpaired) electrons. The van der Waals surface area contributed by atoms with E-state index in [-0.39, 0.29) is 17.3 Å². The van der Waals surface area contributed by atoms with Crippen LogP contribution in [0.1, 0.15) is 67.2 Å². The second kappa shape index (κ2) is 15.2. The largest absolute Gasteiger partial charge is 0.0842 e. The predicted molar refractivity (Wildman–Crippen MR) is 248 cm³/mol. The molecule has 286 valence electrons. The molecule has 0 nitrogen and oxygen atoms in total. The lowest BCUT2D eigenvalue weighted by Crippen LogP contribution is -2.41. The van der Waals surface area contributed by atoms with Crippen molar-refractivity contribution in [1.29, 1.82) is 0 Å². The van der Waals surface area contributed by atoms with Crippen LogP contribution in [0.2, 0.25) is 0 Å². The molecule has 4 aromatic carbocycles. The Morgan fingerprint density at radius 2 is 1.02 bits per heavy atom. The SMILES string of the molecule is C1=CCCC(C2=CC=C(C=CC3=CC=C(C4=c5ccccc5=C(C5=CC=C6c7ccccc7C(c7ccccc7)(c7ccccc7)C6C5)C5C=CC=CC45)CC3)CC2)=C1. The first-order chi connectivity index (χ1) is 29.3. The number of hydrogen-bond acceptors (Lipinski definition) is 0. The summed E-state index contributed by atoms with van der Waals surface area (Å²) in [4.78, 5) is 0. The van der Waals surface area contributed by atoms with Gasteiger partial charge in [0.25, 0.3) is 0 Å². The van der Waals surface area contributed by atoms with E-state index >= 15 is 0 Å². The highest BCUT2D eigenvalue weighted by atomic mass is 14.5. The minimum atomic E-state index is -0.290. The fourth-order valence-corrected chi connectivity index (χ4v) is 11.5. The van der Waals surface area contributed by atoms with Crippen LogP contribution in [0.5, 0.6) is 0 Å². The van der Waals surface area contributed by atoms with Crippen molar-refractivity contribution in [1.82, 2.24) is 0 Å². The minimum Gasteiger partial charge on any atom is -0.0842 e. The van der Waals surface area contributed by atoms with Crippen molar-refractivity contribution in [3.63, 3.8) is 0 Å². The van der Waals surface area contributed by atoms with E-state index in [0.717, 1.165) is 32.1 Å². The molecule has 0 saturated carbocycles. The van der Waals surface area contributed by atoms with E-state index in [2.05, 4.69) is 200 Å². The smallest absolute Gasteiger partial charge is 0.0529 e. The van der Waals surface area contributed by atoms with Gasteiger partial charge in [0.1, 0.15) is 0 Å². The molecule has 0 fully saturated rings. The Hall–Kier alpha value is -6.24. The molecule has 0 aliphatic heterocycles. The molecular weight excluding hydrogens is 709 g/mol. The Kier molecular flexibility index (Phi) is 9.23. The maximum Gasteiger partial charge on any atom is 0.0529 e. The zero-order valence-electron chi connectivity index (χ0n) is 33.7. The van der Waals surface area contributed by atoms with Crippen LogP contribution in [0.4, 0.5) is 0 Å². The first kappa shape index (κ1) is 35.9. The van der Waals surface area contributed by atoms with Gasteiger partial charge in [0, 0.05) is 17.8 Å². The predicted octanol–water partition coefficient (Wildman–Crippen LogP) is 12.9. The van der Waals surface area contributed by atoms with Gasteiger partial charge in [-0.05, 0) is 128 Å². The van der Waals surface area contributed by atoms with Gasteiger partial charge in [-0.25, -0.2) is 0 Å². The molecule has 0 amide bonds. The first-order valence-electron chi connectivity index (χ1n) is 21.9. The van der Waals surface area contributed by atoms with Crippen LogP contribution in [0.25, 0.3) is 16.7 Å². The standard InChI is InChI=1S/C59H50/c1-4-16-43(17-5-1)44-34-30-41(31-35-44)28-29-42-32-36-45(37-33-42)57-51-23-10-12-25-53(51)58(54-26-13-11-24-52(54)57)46-38-39-50-49-22-14-15-27-55(49)59(56(50)40-46,47-18-6-2-7-19-47)48-20-8-3-9-21-48/h1-4,6-16,18-30,32,34,36,38-39,51,53,56H,5,17,31,33,35,37,40H2. The lowest BCUT2D eigenvalue weighted by molar-refractivity contribution is 0.476. The van der Waals surface area contributed by atoms with Crippen LogP contribution in [0, 0.1) is 17.8 Å². The van der Waals surface area contributed by atoms with E-state index in [4.69, 9.17) is 0 Å². The van der Waals surface area contributed by atoms with Crippen LogP contribution < -0.4 is 10.4 Å². The minimum absolute atomic E-state index is 0.267. The number of fused-ring (bicyclic) bond motifs is 5. The van der Waals surface area contributed by atoms with Gasteiger partial charge in [0.2, 0.25) is 0 Å². The second-order valence-corrected chi connectivity index (χ2v) is 17.2. The number of benzene rings is 4. The van der Waals surface area contributed by atoms with Crippen LogP contribution in [0.3, 0.4) is 0 Å². The fourth-order valence-electron chi connectivity index (χ4n) is 11.5. The van der Waals surface area contributed by atoms with E-state index in [0.29, 0.717) is 5.92 Å². The average Bonchev–Trinajstić information content (AvgIpc) is 3.61. The summed E-state index contributed by atoms with van der Waals surface area (Å²) in [5.41, 5.74) is 18.6. The van der Waals surface area contributed by atoms with Gasteiger partial charge >= 0.3 is 0 Å². The normalized spacial score (nSPS) is 23.8. The summed E-state index contributed by atoms with van der Waals surface area (Å²) in [5.74, 6) is 0.841. The van der Waals surface area contributed by atoms with Gasteiger partial charge in [0.05, 0.1) is 5.41 Å². The van der Waals surface area contributed by atoms with Crippen molar-refractivity contribution in [2.45, 2.75) is 50.4 Å². The van der Waals surface area contributed by atoms with E-state index in [1.807, 2.05) is 0 Å². The van der Waals surface area contributed by atoms with Gasteiger partial charge in [-0.2, -0.15) is 0 Å². The Bertz CT molecular complexity index is 2790. The van der Waals surface area contributed by atoms with Crippen molar-refractivity contribution in [2.24, 2.45) is 17.8 Å². The van der Waals surface area contributed by atoms with Crippen LogP contribution in [-0.2, 0) is 5.41 Å². The van der Waals surface area contributed by atoms with Crippen molar-refractivity contribution < 1.29 is 0 Å². The monoisotopic (exact) mass is 758 g/mol. The van der Waals surface area contributed by atoms with Crippen molar-refractivity contribution in [3.05, 3.63) is 266 Å². The summed E-state index contributed by atoms with van der Waals surface area (Å²) in [6.07, 6.45) is 43.3. The molecule has 0 aromatic heterocycles. The van der Waals surface area contributed by atoms with Gasteiger partial charge < -0.3 is 0 Å². The van der Waals surface area contributed by atoms with E-state index in [1.165, 1.54) is 95.7 Å². The van der Waals surface area contributed by atoms with Crippen molar-refractivity contribution >= 4 is 16.7 Å². The third-order valence-corrected chi connectivity index (χ3v) is 14.2. The molecule has 3 unspecified atom stereocenters. The number of hydrogen-bond donors (Lipinski definition) is 0. The zero-order valence-corrected chi connectivity index (χ0v) is 33.7. The number of rotatable bonds is 7. The van der Waals surface area contributed by atoms with Crippen LogP contribution >= 0.6 is 0 Å². The van der Waals surface area contributed by atoms with E-state index in [9.17, 15) is 0 Å². The topological polar surface area (TPSA) is 0 Å². The molecule has 7 aliphatic rings. The highest BCUT2D eigenvalue weighted by Crippen LogP contribution is 2.61. The van der Waals surface area contributed by atoms with Gasteiger partial charge in [0.15, 0.2) is 0 Å². The highest BCUT2D eigenvalue weighted by molar-refractivity contribution is 5.88. The molecule has 0 saturated heterocycles. The zero-order chi connectivity index (χ0) is 39.2. The Morgan fingerprint density at radius 1 is 0.458 bits per heavy atom. The third kappa shape index (κ3) is 6.12. The number of allylic oxidation sites excluding steroid dienone is 22. The van der Waals surface area contributed by atoms with Gasteiger partial charge in [-0.1, -0.05) is 200 Å². The van der Waals surface area contributed by atoms with Crippen molar-refractivity contribution in [3.8, 4) is 0 Å². The maximum absolute atomic E-state index is 2.49. The molecule has 0 heterocycles. The second-order valence-electron chi connectivity index (χ2n) is 17.2. The molecule has 0 heteroatoms. The lowest BCUT2D eigenvalue weighted by Gasteiger charge is -2.41. The fraction of sp³-hybridized carbons (Fsp3) is 0.186. The molecule has 4 aromatic rings. The summed E-state index contributed by atoms with van der Waals surface area (Å²) < 4.78 is 0. The third-order valence-electron chi connectivity index (χ3n) is 14.2. The van der Waals surface area contributed by atoms with E-state index < -0.39 is 0 Å². The molecule has 3 atom stereocenters. The van der Waals surface area contributed by atoms with Crippen molar-refractivity contribution in [2.75, 3.05) is 0 Å². The summed E-state index contributed by atoms with van der Waals surface area (Å²) in [6, 6.07) is 41.2. The van der Waals surface area contributed by atoms with Crippen LogP contribution in [-0.4, -0.2) is 0 Å². The van der Waals surface area contributed by atoms with Gasteiger partial charge in [-0.15, -0.1) is 0 Å². The lowest BCUT2D eigenvalue weighted by atomic mass is 9.61. The maximum atomic E-state index is 2.49. The van der Waals surface area contributed by atoms with Crippen LogP contribution in [0.15, 0.2) is 234 Å². The molecule has 59 heavy (non-hydrogen) atoms. The quantitative estimate of drug-likeness (QED) is 0.176. The molecular formula is C59H50. The first-order valence-corrected chi connectivity index (χ1v) is 21.9. The summed E-state index contributed by atoms with van der Waals surface area (Å²) >= 11 is 0. The molecule has 0 bridgehead atoms. The Labute approximate surface area is 349 Å². The Balaban J connectivity index is 0.992. The summed E-state index contributed by atoms with van der Waals surface area (Å²) in [6.45, 7) is 0. The summed E-state index contributed by atoms with van der Waals surface area (Å²) in [5, 5.41) is 2.81. The van der Waals surface area contributed by atoms with E-state index in [1.54, 1.807) is 0 Å². The molecule has 0 N–H and O–H groups in total. The average molecular weight is 759 g/mol. The summed E-state index contributed by atoms with van der Waals surface area (Å²) in [7, 11) is 0. The molecule has 11 rings (SSSR count).